The topological polar surface area (TPSA) is 96.1 Å². The summed E-state index contributed by atoms with van der Waals surface area (Å²) in [6, 6.07) is 9.49. The van der Waals surface area contributed by atoms with E-state index in [1.807, 2.05) is 58.3 Å². The summed E-state index contributed by atoms with van der Waals surface area (Å²) in [6.45, 7) is 6.89. The normalized spacial score (nSPS) is 13.7. The second-order valence-corrected chi connectivity index (χ2v) is 10.0. The van der Waals surface area contributed by atoms with Gasteiger partial charge in [-0.1, -0.05) is 18.2 Å². The SMILES string of the molecule is Cc1cccc(C)c1Oc1cn(C2COC2)c(=O)cc1-c1cn(C)c(=O)c2[nH]c(-c3cn(C)nc3C)cc12. The van der Waals surface area contributed by atoms with Crippen LogP contribution in [-0.4, -0.2) is 37.1 Å². The molecule has 4 aromatic heterocycles. The van der Waals surface area contributed by atoms with Gasteiger partial charge in [-0.25, -0.2) is 0 Å². The fourth-order valence-electron chi connectivity index (χ4n) is 5.12. The number of hydrogen-bond donors (Lipinski definition) is 1. The Morgan fingerprint density at radius 2 is 1.71 bits per heavy atom. The van der Waals surface area contributed by atoms with Crippen LogP contribution in [-0.2, 0) is 18.8 Å². The van der Waals surface area contributed by atoms with Gasteiger partial charge in [0.2, 0.25) is 0 Å². The van der Waals surface area contributed by atoms with Gasteiger partial charge in [0, 0.05) is 54.6 Å². The average molecular weight is 512 g/mol. The zero-order valence-corrected chi connectivity index (χ0v) is 22.0. The van der Waals surface area contributed by atoms with Crippen LogP contribution in [0.25, 0.3) is 33.3 Å². The van der Waals surface area contributed by atoms with Gasteiger partial charge in [-0.05, 0) is 38.0 Å². The lowest BCUT2D eigenvalue weighted by Gasteiger charge is -2.29. The molecule has 9 heteroatoms. The third-order valence-corrected chi connectivity index (χ3v) is 7.24. The predicted octanol–water partition coefficient (Wildman–Crippen LogP) is 4.38. The molecule has 1 aromatic carbocycles. The Kier molecular flexibility index (Phi) is 5.61. The molecule has 0 saturated carbocycles. The first-order valence-corrected chi connectivity index (χ1v) is 12.5. The lowest BCUT2D eigenvalue weighted by Crippen LogP contribution is -2.37. The number of aromatic nitrogens is 5. The highest BCUT2D eigenvalue weighted by atomic mass is 16.5. The third-order valence-electron chi connectivity index (χ3n) is 7.24. The summed E-state index contributed by atoms with van der Waals surface area (Å²) in [4.78, 5) is 29.8. The van der Waals surface area contributed by atoms with E-state index in [9.17, 15) is 9.59 Å². The van der Waals surface area contributed by atoms with E-state index < -0.39 is 0 Å². The fraction of sp³-hybridized carbons (Fsp3) is 0.276. The van der Waals surface area contributed by atoms with Crippen LogP contribution >= 0.6 is 0 Å². The molecule has 0 amide bonds. The van der Waals surface area contributed by atoms with E-state index in [1.54, 1.807) is 34.8 Å². The molecule has 0 aliphatic carbocycles. The molecule has 194 valence electrons. The molecule has 5 heterocycles. The van der Waals surface area contributed by atoms with Gasteiger partial charge in [0.1, 0.15) is 11.3 Å². The van der Waals surface area contributed by atoms with E-state index in [0.29, 0.717) is 35.4 Å². The summed E-state index contributed by atoms with van der Waals surface area (Å²) in [5, 5.41) is 5.16. The number of ether oxygens (including phenoxy) is 2. The molecule has 0 bridgehead atoms. The van der Waals surface area contributed by atoms with E-state index in [4.69, 9.17) is 9.47 Å². The molecule has 38 heavy (non-hydrogen) atoms. The first kappa shape index (κ1) is 24.0. The third kappa shape index (κ3) is 3.86. The molecule has 1 aliphatic rings. The molecule has 0 atom stereocenters. The van der Waals surface area contributed by atoms with Crippen LogP contribution in [0.3, 0.4) is 0 Å². The van der Waals surface area contributed by atoms with E-state index in [0.717, 1.165) is 39.4 Å². The van der Waals surface area contributed by atoms with Gasteiger partial charge in [-0.2, -0.15) is 5.10 Å². The summed E-state index contributed by atoms with van der Waals surface area (Å²) < 4.78 is 16.9. The maximum atomic E-state index is 13.3. The minimum Gasteiger partial charge on any atom is -0.455 e. The number of nitrogens with zero attached hydrogens (tertiary/aromatic N) is 4. The van der Waals surface area contributed by atoms with Crippen molar-refractivity contribution in [2.75, 3.05) is 13.2 Å². The highest BCUT2D eigenvalue weighted by Gasteiger charge is 2.25. The molecule has 0 radical (unpaired) electrons. The van der Waals surface area contributed by atoms with Gasteiger partial charge < -0.3 is 23.6 Å². The molecule has 0 unspecified atom stereocenters. The predicted molar refractivity (Wildman–Crippen MR) is 146 cm³/mol. The average Bonchev–Trinajstić information content (AvgIpc) is 3.42. The van der Waals surface area contributed by atoms with E-state index in [2.05, 4.69) is 10.1 Å². The standard InChI is InChI=1S/C29H29N5O4/c1-16-7-6-8-17(2)28(16)38-25-13-34(19-14-37-15-19)26(35)10-20(25)23-11-32(4)29(36)27-21(23)9-24(30-27)22-12-33(5)31-18(22)3/h6-13,19,30H,14-15H2,1-5H3. The Bertz CT molecular complexity index is 1810. The molecule has 9 nitrogen and oxygen atoms in total. The maximum absolute atomic E-state index is 13.3. The largest absolute Gasteiger partial charge is 0.455 e. The molecule has 0 spiro atoms. The van der Waals surface area contributed by atoms with Crippen molar-refractivity contribution in [3.05, 3.63) is 86.5 Å². The highest BCUT2D eigenvalue weighted by molar-refractivity contribution is 5.98. The fourth-order valence-corrected chi connectivity index (χ4v) is 5.12. The van der Waals surface area contributed by atoms with E-state index in [-0.39, 0.29) is 17.2 Å². The van der Waals surface area contributed by atoms with E-state index in [1.165, 1.54) is 4.57 Å². The first-order chi connectivity index (χ1) is 18.2. The Hall–Kier alpha value is -4.37. The number of fused-ring (bicyclic) bond motifs is 1. The maximum Gasteiger partial charge on any atom is 0.274 e. The zero-order chi connectivity index (χ0) is 26.7. The molecule has 6 rings (SSSR count). The van der Waals surface area contributed by atoms with Crippen molar-refractivity contribution in [3.8, 4) is 33.9 Å². The smallest absolute Gasteiger partial charge is 0.274 e. The van der Waals surface area contributed by atoms with Gasteiger partial charge in [-0.3, -0.25) is 14.3 Å². The molecular weight excluding hydrogens is 482 g/mol. The molecular formula is C29H29N5O4. The van der Waals surface area contributed by atoms with Crippen LogP contribution in [0.2, 0.25) is 0 Å². The number of rotatable bonds is 5. The first-order valence-electron chi connectivity index (χ1n) is 12.5. The van der Waals surface area contributed by atoms with Crippen LogP contribution in [0.5, 0.6) is 11.5 Å². The quantitative estimate of drug-likeness (QED) is 0.378. The van der Waals surface area contributed by atoms with Gasteiger partial charge in [0.25, 0.3) is 11.1 Å². The highest BCUT2D eigenvalue weighted by Crippen LogP contribution is 2.39. The summed E-state index contributed by atoms with van der Waals surface area (Å²) >= 11 is 0. The number of hydrogen-bond acceptors (Lipinski definition) is 5. The van der Waals surface area contributed by atoms with Crippen molar-refractivity contribution >= 4 is 10.9 Å². The zero-order valence-electron chi connectivity index (χ0n) is 22.0. The van der Waals surface area contributed by atoms with Crippen LogP contribution in [0.15, 0.2) is 58.5 Å². The molecule has 1 aliphatic heterocycles. The molecule has 1 N–H and O–H groups in total. The Morgan fingerprint density at radius 1 is 0.974 bits per heavy atom. The van der Waals surface area contributed by atoms with Crippen molar-refractivity contribution in [2.45, 2.75) is 26.8 Å². The number of aromatic amines is 1. The van der Waals surface area contributed by atoms with Crippen molar-refractivity contribution in [1.82, 2.24) is 23.9 Å². The van der Waals surface area contributed by atoms with Gasteiger partial charge in [0.15, 0.2) is 5.75 Å². The number of pyridine rings is 2. The van der Waals surface area contributed by atoms with Crippen molar-refractivity contribution in [3.63, 3.8) is 0 Å². The molecule has 1 saturated heterocycles. The van der Waals surface area contributed by atoms with Gasteiger partial charge >= 0.3 is 0 Å². The summed E-state index contributed by atoms with van der Waals surface area (Å²) in [7, 11) is 3.57. The van der Waals surface area contributed by atoms with E-state index >= 15 is 0 Å². The summed E-state index contributed by atoms with van der Waals surface area (Å²) in [6.07, 6.45) is 5.45. The molecule has 5 aromatic rings. The Labute approximate surface area is 218 Å². The van der Waals surface area contributed by atoms with Crippen LogP contribution in [0.1, 0.15) is 22.9 Å². The monoisotopic (exact) mass is 511 g/mol. The number of aryl methyl sites for hydroxylation is 5. The summed E-state index contributed by atoms with van der Waals surface area (Å²) in [5.74, 6) is 1.28. The van der Waals surface area contributed by atoms with Gasteiger partial charge in [-0.15, -0.1) is 0 Å². The number of benzene rings is 1. The second kappa shape index (κ2) is 8.88. The summed E-state index contributed by atoms with van der Waals surface area (Å²) in [5.41, 5.74) is 6.00. The van der Waals surface area contributed by atoms with Crippen molar-refractivity contribution < 1.29 is 9.47 Å². The minimum atomic E-state index is -0.159. The lowest BCUT2D eigenvalue weighted by atomic mass is 10.0. The van der Waals surface area contributed by atoms with Crippen LogP contribution < -0.4 is 15.9 Å². The van der Waals surface area contributed by atoms with Gasteiger partial charge in [0.05, 0.1) is 36.8 Å². The number of para-hydroxylation sites is 1. The Balaban J connectivity index is 1.61. The van der Waals surface area contributed by atoms with Crippen LogP contribution in [0.4, 0.5) is 0 Å². The van der Waals surface area contributed by atoms with Crippen LogP contribution in [0, 0.1) is 20.8 Å². The number of nitrogens with one attached hydrogen (secondary N) is 1. The Morgan fingerprint density at radius 3 is 2.34 bits per heavy atom. The minimum absolute atomic E-state index is 0.0376. The number of H-pyrrole nitrogens is 1. The second-order valence-electron chi connectivity index (χ2n) is 10.0. The van der Waals surface area contributed by atoms with Crippen molar-refractivity contribution in [2.24, 2.45) is 14.1 Å². The molecule has 1 fully saturated rings. The lowest BCUT2D eigenvalue weighted by molar-refractivity contribution is -0.0249. The van der Waals surface area contributed by atoms with Crippen molar-refractivity contribution in [1.29, 1.82) is 0 Å².